The van der Waals surface area contributed by atoms with Crippen LogP contribution >= 0.6 is 0 Å². The maximum atomic E-state index is 13.3. The van der Waals surface area contributed by atoms with Gasteiger partial charge >= 0.3 is 6.18 Å². The van der Waals surface area contributed by atoms with E-state index in [-0.39, 0.29) is 12.4 Å². The second-order valence-corrected chi connectivity index (χ2v) is 9.88. The summed E-state index contributed by atoms with van der Waals surface area (Å²) in [6.07, 6.45) is 1.20. The summed E-state index contributed by atoms with van der Waals surface area (Å²) in [7, 11) is 0. The molecule has 0 atom stereocenters. The van der Waals surface area contributed by atoms with Crippen LogP contribution in [0.25, 0.3) is 11.0 Å². The lowest BCUT2D eigenvalue weighted by atomic mass is 9.91. The van der Waals surface area contributed by atoms with E-state index in [1.807, 2.05) is 12.1 Å². The number of nitrogens with one attached hydrogen (secondary N) is 1. The third-order valence-electron chi connectivity index (χ3n) is 6.60. The zero-order valence-electron chi connectivity index (χ0n) is 21.0. The SMILES string of the molecule is CC(C)(C#N)c1ccc(NCC#Cc2nc3cc(CCC4CCOCC4)ccc3n2CC(F)(F)F)cn1. The number of pyridine rings is 1. The Morgan fingerprint density at radius 3 is 2.62 bits per heavy atom. The van der Waals surface area contributed by atoms with Crippen molar-refractivity contribution in [3.63, 3.8) is 0 Å². The first-order valence-electron chi connectivity index (χ1n) is 12.4. The molecule has 1 N–H and O–H groups in total. The number of ether oxygens (including phenoxy) is 1. The van der Waals surface area contributed by atoms with Crippen LogP contribution in [0.15, 0.2) is 36.5 Å². The number of alkyl halides is 3. The monoisotopic (exact) mass is 509 g/mol. The summed E-state index contributed by atoms with van der Waals surface area (Å²) in [5.74, 6) is 6.38. The van der Waals surface area contributed by atoms with E-state index in [1.54, 1.807) is 38.2 Å². The number of benzene rings is 1. The van der Waals surface area contributed by atoms with Crippen LogP contribution in [-0.4, -0.2) is 40.5 Å². The van der Waals surface area contributed by atoms with Gasteiger partial charge < -0.3 is 14.6 Å². The first-order chi connectivity index (χ1) is 17.6. The number of rotatable bonds is 7. The quantitative estimate of drug-likeness (QED) is 0.419. The Labute approximate surface area is 214 Å². The molecule has 1 aromatic carbocycles. The van der Waals surface area contributed by atoms with Crippen molar-refractivity contribution in [3.8, 4) is 17.9 Å². The molecule has 194 valence electrons. The first kappa shape index (κ1) is 26.5. The van der Waals surface area contributed by atoms with Crippen LogP contribution in [0.3, 0.4) is 0 Å². The lowest BCUT2D eigenvalue weighted by molar-refractivity contribution is -0.140. The van der Waals surface area contributed by atoms with Gasteiger partial charge in [0.2, 0.25) is 0 Å². The highest BCUT2D eigenvalue weighted by Gasteiger charge is 2.30. The molecule has 0 spiro atoms. The Kier molecular flexibility index (Phi) is 8.04. The van der Waals surface area contributed by atoms with Crippen LogP contribution < -0.4 is 5.32 Å². The highest BCUT2D eigenvalue weighted by atomic mass is 19.4. The molecule has 6 nitrogen and oxygen atoms in total. The Balaban J connectivity index is 1.48. The maximum Gasteiger partial charge on any atom is 0.406 e. The molecular weight excluding hydrogens is 479 g/mol. The number of nitrogens with zero attached hydrogens (tertiary/aromatic N) is 4. The fourth-order valence-corrected chi connectivity index (χ4v) is 4.37. The zero-order valence-corrected chi connectivity index (χ0v) is 21.0. The van der Waals surface area contributed by atoms with Gasteiger partial charge in [0.05, 0.1) is 46.6 Å². The smallest absolute Gasteiger partial charge is 0.381 e. The van der Waals surface area contributed by atoms with Crippen molar-refractivity contribution in [2.24, 2.45) is 5.92 Å². The molecule has 4 rings (SSSR count). The van der Waals surface area contributed by atoms with Crippen molar-refractivity contribution >= 4 is 16.7 Å². The number of halogens is 3. The third-order valence-corrected chi connectivity index (χ3v) is 6.60. The summed E-state index contributed by atoms with van der Waals surface area (Å²) in [5.41, 5.74) is 2.66. The molecule has 0 unspecified atom stereocenters. The van der Waals surface area contributed by atoms with E-state index >= 15 is 0 Å². The fourth-order valence-electron chi connectivity index (χ4n) is 4.37. The number of aromatic nitrogens is 3. The second kappa shape index (κ2) is 11.2. The molecule has 0 radical (unpaired) electrons. The highest BCUT2D eigenvalue weighted by Crippen LogP contribution is 2.26. The first-order valence-corrected chi connectivity index (χ1v) is 12.4. The molecular formula is C28H30F3N5O. The zero-order chi connectivity index (χ0) is 26.5. The summed E-state index contributed by atoms with van der Waals surface area (Å²) >= 11 is 0. The lowest BCUT2D eigenvalue weighted by Gasteiger charge is -2.21. The summed E-state index contributed by atoms with van der Waals surface area (Å²) < 4.78 is 46.6. The van der Waals surface area contributed by atoms with Crippen LogP contribution in [0.2, 0.25) is 0 Å². The molecule has 1 saturated heterocycles. The number of nitriles is 1. The molecule has 1 fully saturated rings. The largest absolute Gasteiger partial charge is 0.406 e. The van der Waals surface area contributed by atoms with Crippen LogP contribution in [0, 0.1) is 29.1 Å². The van der Waals surface area contributed by atoms with Crippen molar-refractivity contribution in [1.29, 1.82) is 5.26 Å². The van der Waals surface area contributed by atoms with E-state index in [4.69, 9.17) is 4.74 Å². The second-order valence-electron chi connectivity index (χ2n) is 9.88. The molecule has 0 aliphatic carbocycles. The summed E-state index contributed by atoms with van der Waals surface area (Å²) in [6.45, 7) is 4.22. The number of fused-ring (bicyclic) bond motifs is 1. The average molecular weight is 510 g/mol. The normalized spacial score (nSPS) is 14.7. The van der Waals surface area contributed by atoms with E-state index in [1.165, 1.54) is 0 Å². The van der Waals surface area contributed by atoms with Crippen molar-refractivity contribution in [2.75, 3.05) is 25.1 Å². The lowest BCUT2D eigenvalue weighted by Crippen LogP contribution is -2.18. The molecule has 0 amide bonds. The average Bonchev–Trinajstić information content (AvgIpc) is 3.21. The molecule has 2 aromatic heterocycles. The Morgan fingerprint density at radius 2 is 1.95 bits per heavy atom. The molecule has 1 aliphatic rings. The summed E-state index contributed by atoms with van der Waals surface area (Å²) in [4.78, 5) is 8.76. The molecule has 3 aromatic rings. The minimum Gasteiger partial charge on any atom is -0.381 e. The molecule has 1 aliphatic heterocycles. The number of hydrogen-bond acceptors (Lipinski definition) is 5. The molecule has 9 heteroatoms. The maximum absolute atomic E-state index is 13.3. The standard InChI is InChI=1S/C28H30F3N5O/c1-27(2,18-32)25-10-8-22(17-34-25)33-13-3-4-26-35-23-16-21(6-5-20-11-14-37-15-12-20)7-9-24(23)36(26)19-28(29,30)31/h7-10,16-17,20,33H,5-6,11-15,19H2,1-2H3. The summed E-state index contributed by atoms with van der Waals surface area (Å²) in [5, 5.41) is 12.3. The topological polar surface area (TPSA) is 75.8 Å². The van der Waals surface area contributed by atoms with Gasteiger partial charge in [-0.15, -0.1) is 0 Å². The number of imidazole rings is 1. The van der Waals surface area contributed by atoms with Gasteiger partial charge in [0, 0.05) is 13.2 Å². The molecule has 37 heavy (non-hydrogen) atoms. The van der Waals surface area contributed by atoms with E-state index in [0.29, 0.717) is 28.3 Å². The van der Waals surface area contributed by atoms with Crippen molar-refractivity contribution in [3.05, 3.63) is 53.6 Å². The third kappa shape index (κ3) is 7.02. The predicted octanol–water partition coefficient (Wildman–Crippen LogP) is 5.62. The highest BCUT2D eigenvalue weighted by molar-refractivity contribution is 5.77. The van der Waals surface area contributed by atoms with Crippen LogP contribution in [-0.2, 0) is 23.1 Å². The van der Waals surface area contributed by atoms with Crippen molar-refractivity contribution in [1.82, 2.24) is 14.5 Å². The summed E-state index contributed by atoms with van der Waals surface area (Å²) in [6, 6.07) is 11.2. The molecule has 3 heterocycles. The number of aryl methyl sites for hydroxylation is 1. The molecule has 0 bridgehead atoms. The van der Waals surface area contributed by atoms with Crippen LogP contribution in [0.5, 0.6) is 0 Å². The Bertz CT molecular complexity index is 1320. The number of anilines is 1. The van der Waals surface area contributed by atoms with Gasteiger partial charge in [0.15, 0.2) is 5.82 Å². The minimum absolute atomic E-state index is 0.0833. The van der Waals surface area contributed by atoms with E-state index < -0.39 is 18.1 Å². The van der Waals surface area contributed by atoms with E-state index in [2.05, 4.69) is 33.2 Å². The van der Waals surface area contributed by atoms with Crippen molar-refractivity contribution < 1.29 is 17.9 Å². The van der Waals surface area contributed by atoms with Gasteiger partial charge in [-0.25, -0.2) is 4.98 Å². The van der Waals surface area contributed by atoms with Crippen LogP contribution in [0.1, 0.15) is 50.2 Å². The van der Waals surface area contributed by atoms with E-state index in [0.717, 1.165) is 49.0 Å². The Hall–Kier alpha value is -3.56. The number of hydrogen-bond donors (Lipinski definition) is 1. The van der Waals surface area contributed by atoms with Gasteiger partial charge in [0.25, 0.3) is 0 Å². The van der Waals surface area contributed by atoms with Gasteiger partial charge in [-0.1, -0.05) is 12.0 Å². The fraction of sp³-hybridized carbons (Fsp3) is 0.464. The van der Waals surface area contributed by atoms with Gasteiger partial charge in [-0.3, -0.25) is 4.98 Å². The van der Waals surface area contributed by atoms with Crippen LogP contribution in [0.4, 0.5) is 18.9 Å². The van der Waals surface area contributed by atoms with Gasteiger partial charge in [-0.05, 0) is 81.2 Å². The predicted molar refractivity (Wildman–Crippen MR) is 136 cm³/mol. The van der Waals surface area contributed by atoms with E-state index in [9.17, 15) is 18.4 Å². The van der Waals surface area contributed by atoms with Gasteiger partial charge in [-0.2, -0.15) is 18.4 Å². The van der Waals surface area contributed by atoms with Crippen molar-refractivity contribution in [2.45, 2.75) is 57.7 Å². The Morgan fingerprint density at radius 1 is 1.16 bits per heavy atom. The minimum atomic E-state index is -4.39. The molecule has 0 saturated carbocycles. The van der Waals surface area contributed by atoms with Gasteiger partial charge in [0.1, 0.15) is 6.54 Å².